The van der Waals surface area contributed by atoms with Crippen molar-refractivity contribution in [3.63, 3.8) is 0 Å². The number of benzene rings is 1. The molecule has 1 aromatic rings. The van der Waals surface area contributed by atoms with Gasteiger partial charge in [0, 0.05) is 24.2 Å². The predicted octanol–water partition coefficient (Wildman–Crippen LogP) is 1.53. The molecule has 11 heteroatoms. The molecule has 2 unspecified atom stereocenters. The molecule has 1 saturated carbocycles. The van der Waals surface area contributed by atoms with Crippen molar-refractivity contribution in [2.45, 2.75) is 61.4 Å². The van der Waals surface area contributed by atoms with Crippen molar-refractivity contribution in [3.8, 4) is 0 Å². The van der Waals surface area contributed by atoms with Crippen LogP contribution in [0, 0.1) is 0 Å². The van der Waals surface area contributed by atoms with Crippen molar-refractivity contribution in [3.05, 3.63) is 29.8 Å². The Morgan fingerprint density at radius 3 is 2.44 bits per heavy atom. The van der Waals surface area contributed by atoms with E-state index in [1.54, 1.807) is 0 Å². The molecule has 0 aromatic heterocycles. The molecule has 4 rings (SSSR count). The zero-order valence-electron chi connectivity index (χ0n) is 17.2. The van der Waals surface area contributed by atoms with Gasteiger partial charge < -0.3 is 25.8 Å². The average molecular weight is 455 g/mol. The van der Waals surface area contributed by atoms with Crippen molar-refractivity contribution < 1.29 is 37.0 Å². The average Bonchev–Trinajstić information content (AvgIpc) is 3.34. The van der Waals surface area contributed by atoms with Gasteiger partial charge in [-0.2, -0.15) is 13.2 Å². The number of esters is 2. The molecule has 1 amide bonds. The van der Waals surface area contributed by atoms with Gasteiger partial charge in [0.25, 0.3) is 5.91 Å². The molecule has 174 valence electrons. The van der Waals surface area contributed by atoms with E-state index in [9.17, 15) is 27.6 Å². The summed E-state index contributed by atoms with van der Waals surface area (Å²) in [6.45, 7) is 1.21. The molecule has 0 bridgehead atoms. The number of primary amides is 1. The number of hydrogen-bond donors (Lipinski definition) is 3. The number of amides is 1. The Kier molecular flexibility index (Phi) is 5.56. The molecule has 4 N–H and O–H groups in total. The standard InChI is InChI=1S/C21H24F3N3O5/c22-21(23,24)18(30)31-12-5-7-20(8-6-12,17(25)29)32-16(28)15-9-19(11-27-15)10-26-14-4-2-1-3-13(14)19/h1-4,12,15,26-27H,5-11H2,(H2,25,29). The fourth-order valence-corrected chi connectivity index (χ4v) is 4.88. The van der Waals surface area contributed by atoms with Crippen LogP contribution in [-0.2, 0) is 29.3 Å². The molecule has 2 fully saturated rings. The number of rotatable bonds is 4. The molecule has 1 saturated heterocycles. The summed E-state index contributed by atoms with van der Waals surface area (Å²) in [5, 5.41) is 6.51. The normalized spacial score (nSPS) is 31.6. The van der Waals surface area contributed by atoms with E-state index in [1.807, 2.05) is 24.3 Å². The first-order chi connectivity index (χ1) is 15.0. The molecule has 1 aromatic carbocycles. The Balaban J connectivity index is 1.39. The Hall–Kier alpha value is -2.82. The third-order valence-corrected chi connectivity index (χ3v) is 6.67. The van der Waals surface area contributed by atoms with Gasteiger partial charge in [-0.3, -0.25) is 9.59 Å². The Labute approximate surface area is 182 Å². The maximum absolute atomic E-state index is 12.9. The number of carbonyl (C=O) groups is 3. The van der Waals surface area contributed by atoms with Gasteiger partial charge in [-0.1, -0.05) is 18.2 Å². The monoisotopic (exact) mass is 455 g/mol. The number of nitrogens with two attached hydrogens (primary N) is 1. The SMILES string of the molecule is NC(=O)C1(OC(=O)C2CC3(CNc4ccccc43)CN2)CCC(OC(=O)C(F)(F)F)CC1. The second-order valence-electron chi connectivity index (χ2n) is 8.70. The summed E-state index contributed by atoms with van der Waals surface area (Å²) in [7, 11) is 0. The summed E-state index contributed by atoms with van der Waals surface area (Å²) in [5.41, 5.74) is 5.73. The lowest BCUT2D eigenvalue weighted by molar-refractivity contribution is -0.208. The lowest BCUT2D eigenvalue weighted by atomic mass is 9.80. The van der Waals surface area contributed by atoms with Gasteiger partial charge in [-0.05, 0) is 43.7 Å². The molecule has 32 heavy (non-hydrogen) atoms. The topological polar surface area (TPSA) is 120 Å². The molecule has 1 aliphatic carbocycles. The van der Waals surface area contributed by atoms with Crippen LogP contribution in [0.2, 0.25) is 0 Å². The maximum Gasteiger partial charge on any atom is 0.490 e. The lowest BCUT2D eigenvalue weighted by Gasteiger charge is -2.37. The number of ether oxygens (including phenoxy) is 2. The zero-order valence-corrected chi connectivity index (χ0v) is 17.2. The maximum atomic E-state index is 12.9. The summed E-state index contributed by atoms with van der Waals surface area (Å²) < 4.78 is 47.3. The number of carbonyl (C=O) groups excluding carboxylic acids is 3. The number of nitrogens with one attached hydrogen (secondary N) is 2. The van der Waals surface area contributed by atoms with Gasteiger partial charge in [0.05, 0.1) is 0 Å². The predicted molar refractivity (Wildman–Crippen MR) is 105 cm³/mol. The Bertz CT molecular complexity index is 930. The lowest BCUT2D eigenvalue weighted by Crippen LogP contribution is -2.53. The van der Waals surface area contributed by atoms with E-state index in [2.05, 4.69) is 15.4 Å². The van der Waals surface area contributed by atoms with Crippen molar-refractivity contribution >= 4 is 23.5 Å². The van der Waals surface area contributed by atoms with Crippen LogP contribution in [0.3, 0.4) is 0 Å². The first-order valence-electron chi connectivity index (χ1n) is 10.4. The van der Waals surface area contributed by atoms with Crippen LogP contribution in [0.25, 0.3) is 0 Å². The fraction of sp³-hybridized carbons (Fsp3) is 0.571. The van der Waals surface area contributed by atoms with Crippen molar-refractivity contribution in [1.82, 2.24) is 5.32 Å². The highest BCUT2D eigenvalue weighted by molar-refractivity contribution is 5.88. The third-order valence-electron chi connectivity index (χ3n) is 6.67. The Morgan fingerprint density at radius 2 is 1.78 bits per heavy atom. The molecular weight excluding hydrogens is 431 g/mol. The van der Waals surface area contributed by atoms with Crippen LogP contribution in [0.1, 0.15) is 37.7 Å². The highest BCUT2D eigenvalue weighted by atomic mass is 19.4. The van der Waals surface area contributed by atoms with E-state index in [1.165, 1.54) is 0 Å². The number of alkyl halides is 3. The van der Waals surface area contributed by atoms with Crippen LogP contribution >= 0.6 is 0 Å². The van der Waals surface area contributed by atoms with Crippen LogP contribution in [0.5, 0.6) is 0 Å². The molecule has 2 heterocycles. The first kappa shape index (κ1) is 22.4. The Morgan fingerprint density at radius 1 is 1.09 bits per heavy atom. The second-order valence-corrected chi connectivity index (χ2v) is 8.70. The van der Waals surface area contributed by atoms with Crippen LogP contribution in [0.4, 0.5) is 18.9 Å². The molecule has 2 atom stereocenters. The molecule has 2 aliphatic heterocycles. The number of anilines is 1. The zero-order chi connectivity index (χ0) is 23.1. The van der Waals surface area contributed by atoms with Crippen LogP contribution < -0.4 is 16.4 Å². The van der Waals surface area contributed by atoms with Crippen LogP contribution in [0.15, 0.2) is 24.3 Å². The highest BCUT2D eigenvalue weighted by Crippen LogP contribution is 2.43. The highest BCUT2D eigenvalue weighted by Gasteiger charge is 2.51. The van der Waals surface area contributed by atoms with Gasteiger partial charge in [0.1, 0.15) is 12.1 Å². The van der Waals surface area contributed by atoms with Gasteiger partial charge >= 0.3 is 18.1 Å². The van der Waals surface area contributed by atoms with Crippen LogP contribution in [-0.4, -0.2) is 54.9 Å². The summed E-state index contributed by atoms with van der Waals surface area (Å²) in [4.78, 5) is 36.1. The van der Waals surface area contributed by atoms with E-state index >= 15 is 0 Å². The van der Waals surface area contributed by atoms with E-state index in [0.29, 0.717) is 19.5 Å². The van der Waals surface area contributed by atoms with Gasteiger partial charge in [-0.15, -0.1) is 0 Å². The molecule has 8 nitrogen and oxygen atoms in total. The number of halogens is 3. The second kappa shape index (κ2) is 7.95. The summed E-state index contributed by atoms with van der Waals surface area (Å²) in [6, 6.07) is 7.20. The van der Waals surface area contributed by atoms with E-state index in [0.717, 1.165) is 11.3 Å². The smallest absolute Gasteiger partial charge is 0.456 e. The molecular formula is C21H24F3N3O5. The summed E-state index contributed by atoms with van der Waals surface area (Å²) in [5.74, 6) is -3.78. The molecule has 0 radical (unpaired) electrons. The van der Waals surface area contributed by atoms with Crippen molar-refractivity contribution in [1.29, 1.82) is 0 Å². The molecule has 1 spiro atoms. The van der Waals surface area contributed by atoms with Gasteiger partial charge in [0.15, 0.2) is 5.60 Å². The minimum Gasteiger partial charge on any atom is -0.456 e. The van der Waals surface area contributed by atoms with E-state index in [-0.39, 0.29) is 31.1 Å². The van der Waals surface area contributed by atoms with Crippen molar-refractivity contribution in [2.24, 2.45) is 5.73 Å². The van der Waals surface area contributed by atoms with E-state index in [4.69, 9.17) is 10.5 Å². The minimum atomic E-state index is -5.09. The van der Waals surface area contributed by atoms with E-state index < -0.39 is 41.8 Å². The fourth-order valence-electron chi connectivity index (χ4n) is 4.88. The minimum absolute atomic E-state index is 0.0721. The molecule has 3 aliphatic rings. The number of fused-ring (bicyclic) bond motifs is 2. The quantitative estimate of drug-likeness (QED) is 0.589. The first-order valence-corrected chi connectivity index (χ1v) is 10.4. The summed E-state index contributed by atoms with van der Waals surface area (Å²) in [6.07, 6.45) is -6.03. The number of hydrogen-bond acceptors (Lipinski definition) is 7. The summed E-state index contributed by atoms with van der Waals surface area (Å²) >= 11 is 0. The number of para-hydroxylation sites is 1. The largest absolute Gasteiger partial charge is 0.490 e. The van der Waals surface area contributed by atoms with Gasteiger partial charge in [0.2, 0.25) is 0 Å². The van der Waals surface area contributed by atoms with Crippen molar-refractivity contribution in [2.75, 3.05) is 18.4 Å². The third kappa shape index (κ3) is 4.01. The van der Waals surface area contributed by atoms with Gasteiger partial charge in [-0.25, -0.2) is 4.79 Å².